The monoisotopic (exact) mass is 274 g/mol. The molecule has 0 aliphatic heterocycles. The molecule has 1 unspecified atom stereocenters. The van der Waals surface area contributed by atoms with Crippen molar-refractivity contribution in [1.29, 1.82) is 0 Å². The smallest absolute Gasteiger partial charge is 0.330 e. The van der Waals surface area contributed by atoms with Gasteiger partial charge in [-0.1, -0.05) is 82.7 Å². The van der Waals surface area contributed by atoms with Gasteiger partial charge in [-0.2, -0.15) is 0 Å². The standard InChI is InChI=1S/C10H18O2.C8H8/c1-4-5-6-8(2)7-9(3)10(11)12;1-2-8-6-4-3-5-7-8/h8H,3-7H2,1-2H3,(H,11,12);2-7H,1H2. The third kappa shape index (κ3) is 9.15. The van der Waals surface area contributed by atoms with E-state index in [4.69, 9.17) is 5.11 Å². The van der Waals surface area contributed by atoms with Crippen LogP contribution in [0.4, 0.5) is 0 Å². The number of carboxylic acid groups (broad SMARTS) is 1. The van der Waals surface area contributed by atoms with E-state index in [1.54, 1.807) is 0 Å². The Bertz CT molecular complexity index is 407. The van der Waals surface area contributed by atoms with Gasteiger partial charge in [-0.3, -0.25) is 0 Å². The van der Waals surface area contributed by atoms with E-state index in [1.807, 2.05) is 36.4 Å². The predicted octanol–water partition coefficient (Wildman–Crippen LogP) is 5.17. The summed E-state index contributed by atoms with van der Waals surface area (Å²) in [4.78, 5) is 10.4. The first-order valence-corrected chi connectivity index (χ1v) is 7.09. The Morgan fingerprint density at radius 2 is 1.95 bits per heavy atom. The summed E-state index contributed by atoms with van der Waals surface area (Å²) >= 11 is 0. The van der Waals surface area contributed by atoms with Crippen molar-refractivity contribution in [3.05, 3.63) is 54.6 Å². The van der Waals surface area contributed by atoms with Crippen molar-refractivity contribution in [1.82, 2.24) is 0 Å². The maximum absolute atomic E-state index is 10.4. The van der Waals surface area contributed by atoms with Gasteiger partial charge in [-0.05, 0) is 17.9 Å². The van der Waals surface area contributed by atoms with E-state index in [2.05, 4.69) is 27.0 Å². The second-order valence-corrected chi connectivity index (χ2v) is 4.98. The topological polar surface area (TPSA) is 37.3 Å². The zero-order valence-electron chi connectivity index (χ0n) is 12.6. The molecule has 1 atom stereocenters. The Kier molecular flexibility index (Phi) is 10.0. The van der Waals surface area contributed by atoms with Gasteiger partial charge in [0, 0.05) is 5.57 Å². The van der Waals surface area contributed by atoms with Crippen LogP contribution in [0.1, 0.15) is 45.1 Å². The number of unbranched alkanes of at least 4 members (excludes halogenated alkanes) is 1. The molecule has 1 rings (SSSR count). The largest absolute Gasteiger partial charge is 0.478 e. The molecule has 0 aliphatic rings. The van der Waals surface area contributed by atoms with Crippen molar-refractivity contribution in [2.45, 2.75) is 39.5 Å². The molecule has 0 amide bonds. The number of benzene rings is 1. The number of hydrogen-bond donors (Lipinski definition) is 1. The molecule has 2 heteroatoms. The molecule has 1 N–H and O–H groups in total. The Morgan fingerprint density at radius 1 is 1.35 bits per heavy atom. The Labute approximate surface area is 122 Å². The number of hydrogen-bond acceptors (Lipinski definition) is 1. The van der Waals surface area contributed by atoms with E-state index in [-0.39, 0.29) is 0 Å². The van der Waals surface area contributed by atoms with Crippen LogP contribution in [0.5, 0.6) is 0 Å². The second-order valence-electron chi connectivity index (χ2n) is 4.98. The minimum absolute atomic E-state index is 0.332. The van der Waals surface area contributed by atoms with E-state index >= 15 is 0 Å². The van der Waals surface area contributed by atoms with E-state index < -0.39 is 5.97 Å². The quantitative estimate of drug-likeness (QED) is 0.696. The fourth-order valence-corrected chi connectivity index (χ4v) is 1.75. The zero-order chi connectivity index (χ0) is 15.4. The predicted molar refractivity (Wildman–Crippen MR) is 86.6 cm³/mol. The molecule has 0 fully saturated rings. The third-order valence-electron chi connectivity index (χ3n) is 2.98. The molecule has 0 bridgehead atoms. The summed E-state index contributed by atoms with van der Waals surface area (Å²) in [7, 11) is 0. The number of carboxylic acids is 1. The van der Waals surface area contributed by atoms with Gasteiger partial charge >= 0.3 is 5.97 Å². The zero-order valence-corrected chi connectivity index (χ0v) is 12.6. The van der Waals surface area contributed by atoms with Crippen LogP contribution >= 0.6 is 0 Å². The van der Waals surface area contributed by atoms with Crippen LogP contribution in [0.15, 0.2) is 49.1 Å². The summed E-state index contributed by atoms with van der Waals surface area (Å²) in [6.07, 6.45) is 5.90. The van der Waals surface area contributed by atoms with Crippen LogP contribution < -0.4 is 0 Å². The normalized spacial score (nSPS) is 10.9. The van der Waals surface area contributed by atoms with Gasteiger partial charge in [0.15, 0.2) is 0 Å². The number of aliphatic carboxylic acids is 1. The van der Waals surface area contributed by atoms with E-state index in [0.717, 1.165) is 6.42 Å². The van der Waals surface area contributed by atoms with Gasteiger partial charge < -0.3 is 5.11 Å². The van der Waals surface area contributed by atoms with Crippen LogP contribution in [0.3, 0.4) is 0 Å². The SMILES string of the molecule is C=C(CC(C)CCCC)C(=O)O.C=Cc1ccccc1. The number of carbonyl (C=O) groups is 1. The summed E-state index contributed by atoms with van der Waals surface area (Å²) in [6.45, 7) is 11.3. The van der Waals surface area contributed by atoms with Crippen LogP contribution in [0.2, 0.25) is 0 Å². The molecule has 1 aromatic carbocycles. The summed E-state index contributed by atoms with van der Waals surface area (Å²) in [6, 6.07) is 10.0. The van der Waals surface area contributed by atoms with Crippen LogP contribution in [-0.2, 0) is 4.79 Å². The number of rotatable bonds is 7. The average Bonchev–Trinajstić information content (AvgIpc) is 2.46. The minimum atomic E-state index is -0.863. The Balaban J connectivity index is 0.000000388. The van der Waals surface area contributed by atoms with Gasteiger partial charge in [-0.25, -0.2) is 4.79 Å². The maximum Gasteiger partial charge on any atom is 0.330 e. The molecule has 0 radical (unpaired) electrons. The van der Waals surface area contributed by atoms with Crippen molar-refractivity contribution in [2.24, 2.45) is 5.92 Å². The average molecular weight is 274 g/mol. The molecule has 0 saturated heterocycles. The van der Waals surface area contributed by atoms with Gasteiger partial charge in [0.25, 0.3) is 0 Å². The molecule has 110 valence electrons. The first kappa shape index (κ1) is 18.2. The highest BCUT2D eigenvalue weighted by molar-refractivity contribution is 5.85. The van der Waals surface area contributed by atoms with Crippen molar-refractivity contribution in [3.8, 4) is 0 Å². The molecule has 1 aromatic rings. The van der Waals surface area contributed by atoms with E-state index in [0.29, 0.717) is 17.9 Å². The lowest BCUT2D eigenvalue weighted by molar-refractivity contribution is -0.132. The van der Waals surface area contributed by atoms with Gasteiger partial charge in [0.1, 0.15) is 0 Å². The summed E-state index contributed by atoms with van der Waals surface area (Å²) in [5, 5.41) is 8.56. The lowest BCUT2D eigenvalue weighted by Crippen LogP contribution is -2.04. The summed E-state index contributed by atoms with van der Waals surface area (Å²) in [5.41, 5.74) is 1.51. The van der Waals surface area contributed by atoms with E-state index in [9.17, 15) is 4.79 Å². The molecular weight excluding hydrogens is 248 g/mol. The summed E-state index contributed by atoms with van der Waals surface area (Å²) in [5.74, 6) is -0.410. The van der Waals surface area contributed by atoms with Gasteiger partial charge in [-0.15, -0.1) is 0 Å². The molecular formula is C18H26O2. The highest BCUT2D eigenvalue weighted by Crippen LogP contribution is 2.16. The van der Waals surface area contributed by atoms with Crippen molar-refractivity contribution < 1.29 is 9.90 Å². The lowest BCUT2D eigenvalue weighted by atomic mass is 9.97. The third-order valence-corrected chi connectivity index (χ3v) is 2.98. The van der Waals surface area contributed by atoms with Crippen molar-refractivity contribution in [3.63, 3.8) is 0 Å². The molecule has 0 aliphatic carbocycles. The minimum Gasteiger partial charge on any atom is -0.478 e. The van der Waals surface area contributed by atoms with Crippen molar-refractivity contribution in [2.75, 3.05) is 0 Å². The van der Waals surface area contributed by atoms with Crippen molar-refractivity contribution >= 4 is 12.0 Å². The molecule has 20 heavy (non-hydrogen) atoms. The highest BCUT2D eigenvalue weighted by atomic mass is 16.4. The molecule has 0 saturated carbocycles. The second kappa shape index (κ2) is 11.0. The first-order valence-electron chi connectivity index (χ1n) is 7.09. The van der Waals surface area contributed by atoms with E-state index in [1.165, 1.54) is 18.4 Å². The molecule has 0 heterocycles. The summed E-state index contributed by atoms with van der Waals surface area (Å²) < 4.78 is 0. The van der Waals surface area contributed by atoms with Crippen LogP contribution in [-0.4, -0.2) is 11.1 Å². The van der Waals surface area contributed by atoms with Gasteiger partial charge in [0.05, 0.1) is 0 Å². The van der Waals surface area contributed by atoms with Crippen LogP contribution in [0.25, 0.3) is 6.08 Å². The highest BCUT2D eigenvalue weighted by Gasteiger charge is 2.08. The Morgan fingerprint density at radius 3 is 2.35 bits per heavy atom. The molecule has 0 spiro atoms. The molecule has 2 nitrogen and oxygen atoms in total. The fourth-order valence-electron chi connectivity index (χ4n) is 1.75. The fraction of sp³-hybridized carbons (Fsp3) is 0.389. The first-order chi connectivity index (χ1) is 9.51. The molecule has 0 aromatic heterocycles. The Hall–Kier alpha value is -1.83. The lowest BCUT2D eigenvalue weighted by Gasteiger charge is -2.09. The van der Waals surface area contributed by atoms with Crippen LogP contribution in [0, 0.1) is 5.92 Å². The maximum atomic E-state index is 10.4. The van der Waals surface area contributed by atoms with Gasteiger partial charge in [0.2, 0.25) is 0 Å².